The van der Waals surface area contributed by atoms with Gasteiger partial charge in [-0.25, -0.2) is 0 Å². The smallest absolute Gasteiger partial charge is 0.191 e. The number of ether oxygens (including phenoxy) is 1. The van der Waals surface area contributed by atoms with Crippen LogP contribution in [0.15, 0.2) is 35.3 Å². The first-order valence-corrected chi connectivity index (χ1v) is 10.1. The van der Waals surface area contributed by atoms with Gasteiger partial charge in [-0.1, -0.05) is 36.8 Å². The highest BCUT2D eigenvalue weighted by Crippen LogP contribution is 2.43. The lowest BCUT2D eigenvalue weighted by Gasteiger charge is -2.43. The molecule has 0 aromatic heterocycles. The molecule has 0 amide bonds. The number of halogens is 1. The Morgan fingerprint density at radius 1 is 1.11 bits per heavy atom. The summed E-state index contributed by atoms with van der Waals surface area (Å²) in [5.41, 5.74) is 1.74. The zero-order chi connectivity index (χ0) is 18.1. The van der Waals surface area contributed by atoms with Crippen molar-refractivity contribution in [3.63, 3.8) is 0 Å². The van der Waals surface area contributed by atoms with Crippen molar-refractivity contribution < 1.29 is 4.74 Å². The topological polar surface area (TPSA) is 48.9 Å². The molecule has 0 radical (unpaired) electrons. The molecule has 1 aromatic rings. The summed E-state index contributed by atoms with van der Waals surface area (Å²) in [5.74, 6) is 0.929. The van der Waals surface area contributed by atoms with Gasteiger partial charge in [0.05, 0.1) is 13.2 Å². The first kappa shape index (κ1) is 22.4. The summed E-state index contributed by atoms with van der Waals surface area (Å²) in [6, 6.07) is 10.9. The molecule has 1 saturated heterocycles. The van der Waals surface area contributed by atoms with Crippen LogP contribution in [0, 0.1) is 0 Å². The van der Waals surface area contributed by atoms with Crippen molar-refractivity contribution in [2.75, 3.05) is 53.0 Å². The Hall–Kier alpha value is -0.860. The van der Waals surface area contributed by atoms with Crippen LogP contribution >= 0.6 is 24.0 Å². The predicted molar refractivity (Wildman–Crippen MR) is 123 cm³/mol. The van der Waals surface area contributed by atoms with Crippen LogP contribution in [0.2, 0.25) is 0 Å². The Labute approximate surface area is 181 Å². The summed E-state index contributed by atoms with van der Waals surface area (Å²) < 4.78 is 5.40. The fourth-order valence-corrected chi connectivity index (χ4v) is 3.93. The second-order valence-electron chi connectivity index (χ2n) is 7.51. The normalized spacial score (nSPS) is 19.7. The molecule has 0 unspecified atom stereocenters. The molecule has 5 nitrogen and oxygen atoms in total. The number of hydrogen-bond acceptors (Lipinski definition) is 3. The van der Waals surface area contributed by atoms with E-state index in [4.69, 9.17) is 4.74 Å². The SMILES string of the molecule is CN=C(NCCCCN1CCOCC1)NCC1(c2ccccc2)CCC1.I. The minimum atomic E-state index is 0. The summed E-state index contributed by atoms with van der Waals surface area (Å²) in [4.78, 5) is 6.89. The Kier molecular flexibility index (Phi) is 9.86. The minimum absolute atomic E-state index is 0. The number of nitrogens with zero attached hydrogens (tertiary/aromatic N) is 2. The maximum absolute atomic E-state index is 5.40. The van der Waals surface area contributed by atoms with Crippen LogP contribution in [0.5, 0.6) is 0 Å². The fourth-order valence-electron chi connectivity index (χ4n) is 3.93. The molecule has 1 heterocycles. The number of hydrogen-bond donors (Lipinski definition) is 2. The van der Waals surface area contributed by atoms with Crippen LogP contribution in [-0.2, 0) is 10.2 Å². The first-order chi connectivity index (χ1) is 12.8. The Morgan fingerprint density at radius 2 is 1.85 bits per heavy atom. The third-order valence-electron chi connectivity index (χ3n) is 5.81. The molecule has 0 spiro atoms. The van der Waals surface area contributed by atoms with E-state index in [1.54, 1.807) is 0 Å². The van der Waals surface area contributed by atoms with Crippen molar-refractivity contribution in [1.29, 1.82) is 0 Å². The first-order valence-electron chi connectivity index (χ1n) is 10.1. The van der Waals surface area contributed by atoms with Gasteiger partial charge in [-0.3, -0.25) is 9.89 Å². The lowest BCUT2D eigenvalue weighted by atomic mass is 9.64. The largest absolute Gasteiger partial charge is 0.379 e. The van der Waals surface area contributed by atoms with Gasteiger partial charge in [-0.05, 0) is 37.8 Å². The van der Waals surface area contributed by atoms with Gasteiger partial charge in [-0.15, -0.1) is 24.0 Å². The van der Waals surface area contributed by atoms with Crippen LogP contribution < -0.4 is 10.6 Å². The van der Waals surface area contributed by atoms with Gasteiger partial charge < -0.3 is 15.4 Å². The quantitative estimate of drug-likeness (QED) is 0.257. The van der Waals surface area contributed by atoms with Crippen molar-refractivity contribution in [1.82, 2.24) is 15.5 Å². The summed E-state index contributed by atoms with van der Waals surface area (Å²) in [6.45, 7) is 7.05. The van der Waals surface area contributed by atoms with Crippen LogP contribution in [-0.4, -0.2) is 63.8 Å². The summed E-state index contributed by atoms with van der Waals surface area (Å²) in [5, 5.41) is 7.04. The number of rotatable bonds is 8. The van der Waals surface area contributed by atoms with Crippen molar-refractivity contribution in [2.45, 2.75) is 37.5 Å². The zero-order valence-electron chi connectivity index (χ0n) is 16.6. The molecule has 0 bridgehead atoms. The van der Waals surface area contributed by atoms with Gasteiger partial charge in [-0.2, -0.15) is 0 Å². The zero-order valence-corrected chi connectivity index (χ0v) is 18.9. The Bertz CT molecular complexity index is 557. The lowest BCUT2D eigenvalue weighted by molar-refractivity contribution is 0.0372. The van der Waals surface area contributed by atoms with E-state index in [2.05, 4.69) is 50.9 Å². The molecule has 1 aliphatic carbocycles. The molecule has 2 N–H and O–H groups in total. The molecular formula is C21H35IN4O. The third-order valence-corrected chi connectivity index (χ3v) is 5.81. The highest BCUT2D eigenvalue weighted by atomic mass is 127. The molecule has 152 valence electrons. The van der Waals surface area contributed by atoms with Crippen molar-refractivity contribution >= 4 is 29.9 Å². The predicted octanol–water partition coefficient (Wildman–Crippen LogP) is 3.00. The van der Waals surface area contributed by atoms with Gasteiger partial charge in [0.2, 0.25) is 0 Å². The van der Waals surface area contributed by atoms with E-state index in [9.17, 15) is 0 Å². The molecule has 1 aromatic carbocycles. The number of aliphatic imine (C=N–C) groups is 1. The number of morpholine rings is 1. The molecule has 1 aliphatic heterocycles. The van der Waals surface area contributed by atoms with Gasteiger partial charge in [0.15, 0.2) is 5.96 Å². The molecule has 6 heteroatoms. The van der Waals surface area contributed by atoms with E-state index in [0.29, 0.717) is 0 Å². The van der Waals surface area contributed by atoms with E-state index in [-0.39, 0.29) is 29.4 Å². The van der Waals surface area contributed by atoms with Gasteiger partial charge >= 0.3 is 0 Å². The standard InChI is InChI=1S/C21H34N4O.HI/c1-22-20(23-12-5-6-13-25-14-16-26-17-15-25)24-18-21(10-7-11-21)19-8-3-2-4-9-19;/h2-4,8-9H,5-7,10-18H2,1H3,(H2,22,23,24);1H. The highest BCUT2D eigenvalue weighted by molar-refractivity contribution is 14.0. The third kappa shape index (κ3) is 6.61. The molecule has 2 fully saturated rings. The number of guanidine groups is 1. The second-order valence-corrected chi connectivity index (χ2v) is 7.51. The van der Waals surface area contributed by atoms with Crippen LogP contribution in [0.3, 0.4) is 0 Å². The minimum Gasteiger partial charge on any atom is -0.379 e. The fraction of sp³-hybridized carbons (Fsp3) is 0.667. The van der Waals surface area contributed by atoms with E-state index in [1.807, 2.05) is 7.05 Å². The average Bonchev–Trinajstić information content (AvgIpc) is 2.67. The second kappa shape index (κ2) is 11.9. The van der Waals surface area contributed by atoms with Crippen molar-refractivity contribution in [3.05, 3.63) is 35.9 Å². The Balaban J connectivity index is 0.00000261. The van der Waals surface area contributed by atoms with Crippen LogP contribution in [0.25, 0.3) is 0 Å². The molecule has 27 heavy (non-hydrogen) atoms. The van der Waals surface area contributed by atoms with E-state index in [1.165, 1.54) is 44.2 Å². The van der Waals surface area contributed by atoms with Gasteiger partial charge in [0.1, 0.15) is 0 Å². The maximum atomic E-state index is 5.40. The lowest BCUT2D eigenvalue weighted by Crippen LogP contribution is -2.49. The summed E-state index contributed by atoms with van der Waals surface area (Å²) in [7, 11) is 1.86. The van der Waals surface area contributed by atoms with E-state index in [0.717, 1.165) is 45.4 Å². The Morgan fingerprint density at radius 3 is 2.48 bits per heavy atom. The summed E-state index contributed by atoms with van der Waals surface area (Å²) >= 11 is 0. The monoisotopic (exact) mass is 486 g/mol. The van der Waals surface area contributed by atoms with Gasteiger partial charge in [0.25, 0.3) is 0 Å². The van der Waals surface area contributed by atoms with Gasteiger partial charge in [0, 0.05) is 38.6 Å². The highest BCUT2D eigenvalue weighted by Gasteiger charge is 2.38. The molecule has 1 saturated carbocycles. The molecule has 0 atom stereocenters. The molecule has 2 aliphatic rings. The average molecular weight is 486 g/mol. The van der Waals surface area contributed by atoms with Crippen LogP contribution in [0.4, 0.5) is 0 Å². The van der Waals surface area contributed by atoms with E-state index < -0.39 is 0 Å². The maximum Gasteiger partial charge on any atom is 0.191 e. The van der Waals surface area contributed by atoms with Crippen LogP contribution in [0.1, 0.15) is 37.7 Å². The molecular weight excluding hydrogens is 451 g/mol. The van der Waals surface area contributed by atoms with Crippen molar-refractivity contribution in [3.8, 4) is 0 Å². The number of nitrogens with one attached hydrogen (secondary N) is 2. The van der Waals surface area contributed by atoms with E-state index >= 15 is 0 Å². The summed E-state index contributed by atoms with van der Waals surface area (Å²) in [6.07, 6.45) is 6.24. The number of benzene rings is 1. The molecule has 3 rings (SSSR count). The van der Waals surface area contributed by atoms with Crippen molar-refractivity contribution in [2.24, 2.45) is 4.99 Å². The number of unbranched alkanes of at least 4 members (excludes halogenated alkanes) is 1.